The fourth-order valence-corrected chi connectivity index (χ4v) is 3.20. The molecule has 0 spiro atoms. The molecule has 2 aromatic heterocycles. The number of carboxylic acid groups (broad SMARTS) is 1. The summed E-state index contributed by atoms with van der Waals surface area (Å²) in [5, 5.41) is 28.1. The van der Waals surface area contributed by atoms with E-state index >= 15 is 0 Å². The number of rotatable bonds is 5. The van der Waals surface area contributed by atoms with Gasteiger partial charge in [-0.3, -0.25) is 4.79 Å². The third-order valence-electron chi connectivity index (χ3n) is 4.74. The first-order valence-corrected chi connectivity index (χ1v) is 10.2. The van der Waals surface area contributed by atoms with Crippen LogP contribution in [-0.2, 0) is 21.9 Å². The van der Waals surface area contributed by atoms with Crippen LogP contribution in [0.15, 0.2) is 72.8 Å². The molecule has 0 saturated heterocycles. The maximum absolute atomic E-state index is 10.5. The zero-order valence-electron chi connectivity index (χ0n) is 19.3. The first-order chi connectivity index (χ1) is 16.3. The molecule has 4 rings (SSSR count). The number of nitrogens with zero attached hydrogens (tertiary/aromatic N) is 2. The number of hydrogen-bond acceptors (Lipinski definition) is 7. The first kappa shape index (κ1) is 27.2. The summed E-state index contributed by atoms with van der Waals surface area (Å²) in [6.07, 6.45) is 0. The van der Waals surface area contributed by atoms with Gasteiger partial charge in [-0.05, 0) is 54.6 Å². The van der Waals surface area contributed by atoms with E-state index < -0.39 is 5.97 Å². The second-order valence-corrected chi connectivity index (χ2v) is 7.07. The van der Waals surface area contributed by atoms with Gasteiger partial charge in [0.25, 0.3) is 5.97 Å². The summed E-state index contributed by atoms with van der Waals surface area (Å²) in [4.78, 5) is 18.4. The minimum Gasteiger partial charge on any atom is -0.507 e. The average molecular weight is 515 g/mol. The standard InChI is InChI=1S/C24H20N2O4.C2H4O2.Mn/c1-29-15-12-13-22(27)17(14-15)19-8-5-10-21(26-19)20-9-4-7-18(25-20)16-6-3-11-23(30-2)24(16)28;1-2(3)4;/h3-14,27-28H,1-2H3;1H3,(H,3,4);. The van der Waals surface area contributed by atoms with Crippen LogP contribution in [0.1, 0.15) is 6.92 Å². The number of aromatic nitrogens is 2. The van der Waals surface area contributed by atoms with E-state index in [0.29, 0.717) is 45.4 Å². The molecule has 8 nitrogen and oxygen atoms in total. The smallest absolute Gasteiger partial charge is 0.300 e. The van der Waals surface area contributed by atoms with Gasteiger partial charge in [-0.2, -0.15) is 0 Å². The molecule has 0 unspecified atom stereocenters. The van der Waals surface area contributed by atoms with E-state index in [0.717, 1.165) is 6.92 Å². The predicted molar refractivity (Wildman–Crippen MR) is 128 cm³/mol. The summed E-state index contributed by atoms with van der Waals surface area (Å²) in [7, 11) is 3.08. The van der Waals surface area contributed by atoms with Crippen molar-refractivity contribution in [2.24, 2.45) is 0 Å². The predicted octanol–water partition coefficient (Wildman–Crippen LogP) is 4.99. The molecular weight excluding hydrogens is 491 g/mol. The first-order valence-electron chi connectivity index (χ1n) is 10.2. The Hall–Kier alpha value is -4.07. The third kappa shape index (κ3) is 6.72. The van der Waals surface area contributed by atoms with Gasteiger partial charge in [-0.15, -0.1) is 0 Å². The fraction of sp³-hybridized carbons (Fsp3) is 0.115. The van der Waals surface area contributed by atoms with Crippen LogP contribution in [0.3, 0.4) is 0 Å². The van der Waals surface area contributed by atoms with Crippen LogP contribution in [0.25, 0.3) is 33.9 Å². The Labute approximate surface area is 213 Å². The average Bonchev–Trinajstić information content (AvgIpc) is 2.84. The molecule has 181 valence electrons. The number of carboxylic acids is 1. The normalized spacial score (nSPS) is 9.80. The number of phenolic OH excluding ortho intramolecular Hbond substituents is 2. The summed E-state index contributed by atoms with van der Waals surface area (Å²) in [5.74, 6) is 0.327. The Kier molecular flexibility index (Phi) is 9.63. The molecule has 0 saturated carbocycles. The van der Waals surface area contributed by atoms with Crippen molar-refractivity contribution in [3.63, 3.8) is 0 Å². The SMILES string of the molecule is CC(=O)O.COc1ccc(O)c(-c2cccc(-c3cccc(-c4cccc(OC)c4O)n3)n2)c1.[Mn]. The Morgan fingerprint density at radius 1 is 0.743 bits per heavy atom. The van der Waals surface area contributed by atoms with E-state index in [4.69, 9.17) is 19.4 Å². The van der Waals surface area contributed by atoms with Gasteiger partial charge in [0.2, 0.25) is 0 Å². The summed E-state index contributed by atoms with van der Waals surface area (Å²) >= 11 is 0. The Balaban J connectivity index is 0.000000804. The summed E-state index contributed by atoms with van der Waals surface area (Å²) in [6.45, 7) is 1.08. The van der Waals surface area contributed by atoms with E-state index in [2.05, 4.69) is 9.97 Å². The molecule has 0 amide bonds. The van der Waals surface area contributed by atoms with Crippen molar-refractivity contribution < 1.29 is 46.7 Å². The number of carbonyl (C=O) groups is 1. The number of aromatic hydroxyl groups is 2. The largest absolute Gasteiger partial charge is 0.507 e. The maximum Gasteiger partial charge on any atom is 0.300 e. The molecule has 0 aliphatic heterocycles. The van der Waals surface area contributed by atoms with Crippen LogP contribution < -0.4 is 9.47 Å². The number of methoxy groups -OCH3 is 2. The number of pyridine rings is 2. The van der Waals surface area contributed by atoms with Crippen LogP contribution in [0.2, 0.25) is 0 Å². The van der Waals surface area contributed by atoms with Crippen LogP contribution >= 0.6 is 0 Å². The van der Waals surface area contributed by atoms with Gasteiger partial charge in [-0.1, -0.05) is 18.2 Å². The topological polar surface area (TPSA) is 122 Å². The molecule has 35 heavy (non-hydrogen) atoms. The molecule has 1 radical (unpaired) electrons. The van der Waals surface area contributed by atoms with Gasteiger partial charge in [0.15, 0.2) is 11.5 Å². The van der Waals surface area contributed by atoms with E-state index in [1.807, 2.05) is 36.4 Å². The molecule has 0 bridgehead atoms. The Morgan fingerprint density at radius 3 is 1.80 bits per heavy atom. The minimum atomic E-state index is -0.833. The van der Waals surface area contributed by atoms with E-state index in [1.54, 1.807) is 43.5 Å². The van der Waals surface area contributed by atoms with E-state index in [1.165, 1.54) is 7.11 Å². The van der Waals surface area contributed by atoms with Gasteiger partial charge in [-0.25, -0.2) is 9.97 Å². The molecule has 0 aliphatic carbocycles. The van der Waals surface area contributed by atoms with Crippen molar-refractivity contribution in [1.29, 1.82) is 0 Å². The molecule has 0 aliphatic rings. The van der Waals surface area contributed by atoms with Crippen LogP contribution in [0.4, 0.5) is 0 Å². The second-order valence-electron chi connectivity index (χ2n) is 7.07. The summed E-state index contributed by atoms with van der Waals surface area (Å²) in [5.41, 5.74) is 3.61. The monoisotopic (exact) mass is 515 g/mol. The second kappa shape index (κ2) is 12.4. The van der Waals surface area contributed by atoms with Gasteiger partial charge in [0.05, 0.1) is 37.0 Å². The Morgan fingerprint density at radius 2 is 1.26 bits per heavy atom. The van der Waals surface area contributed by atoms with Crippen molar-refractivity contribution >= 4 is 5.97 Å². The molecule has 2 aromatic carbocycles. The molecule has 2 heterocycles. The Bertz CT molecular complexity index is 1270. The maximum atomic E-state index is 10.5. The van der Waals surface area contributed by atoms with Crippen molar-refractivity contribution in [3.8, 4) is 56.9 Å². The number of para-hydroxylation sites is 1. The molecule has 0 fully saturated rings. The van der Waals surface area contributed by atoms with Gasteiger partial charge < -0.3 is 24.8 Å². The van der Waals surface area contributed by atoms with Crippen LogP contribution in [0, 0.1) is 0 Å². The summed E-state index contributed by atoms with van der Waals surface area (Å²) < 4.78 is 10.4. The van der Waals surface area contributed by atoms with E-state index in [-0.39, 0.29) is 28.6 Å². The quantitative estimate of drug-likeness (QED) is 0.318. The number of benzene rings is 2. The van der Waals surface area contributed by atoms with Crippen LogP contribution in [0.5, 0.6) is 23.0 Å². The molecule has 9 heteroatoms. The fourth-order valence-electron chi connectivity index (χ4n) is 3.20. The summed E-state index contributed by atoms with van der Waals surface area (Å²) in [6, 6.07) is 21.3. The third-order valence-corrected chi connectivity index (χ3v) is 4.74. The van der Waals surface area contributed by atoms with Gasteiger partial charge >= 0.3 is 0 Å². The number of ether oxygens (including phenoxy) is 2. The van der Waals surface area contributed by atoms with Gasteiger partial charge in [0, 0.05) is 35.1 Å². The molecule has 0 atom stereocenters. The number of aliphatic carboxylic acids is 1. The van der Waals surface area contributed by atoms with E-state index in [9.17, 15) is 10.2 Å². The van der Waals surface area contributed by atoms with Gasteiger partial charge in [0.1, 0.15) is 11.5 Å². The van der Waals surface area contributed by atoms with Crippen molar-refractivity contribution in [2.45, 2.75) is 6.92 Å². The van der Waals surface area contributed by atoms with Crippen LogP contribution in [-0.4, -0.2) is 45.5 Å². The number of phenols is 2. The molecular formula is C26H24MnN2O6. The van der Waals surface area contributed by atoms with Crippen molar-refractivity contribution in [3.05, 3.63) is 72.8 Å². The molecule has 3 N–H and O–H groups in total. The molecule has 4 aromatic rings. The minimum absolute atomic E-state index is 0. The number of hydrogen-bond donors (Lipinski definition) is 3. The zero-order valence-corrected chi connectivity index (χ0v) is 20.4. The zero-order chi connectivity index (χ0) is 24.7. The van der Waals surface area contributed by atoms with Crippen molar-refractivity contribution in [2.75, 3.05) is 14.2 Å². The van der Waals surface area contributed by atoms with Crippen molar-refractivity contribution in [1.82, 2.24) is 9.97 Å².